The van der Waals surface area contributed by atoms with Gasteiger partial charge in [0.25, 0.3) is 0 Å². The SMILES string of the molecule is CCOC(=O)C(C#N)C(C)(C)C#Cc1cc(C)nc(C(=O)OC)c1. The van der Waals surface area contributed by atoms with Crippen molar-refractivity contribution in [1.82, 2.24) is 4.98 Å². The highest BCUT2D eigenvalue weighted by Gasteiger charge is 2.35. The lowest BCUT2D eigenvalue weighted by molar-refractivity contribution is -0.148. The highest BCUT2D eigenvalue weighted by Crippen LogP contribution is 2.27. The zero-order chi connectivity index (χ0) is 18.3. The van der Waals surface area contributed by atoms with E-state index < -0.39 is 23.3 Å². The van der Waals surface area contributed by atoms with E-state index in [1.807, 2.05) is 6.07 Å². The summed E-state index contributed by atoms with van der Waals surface area (Å²) in [7, 11) is 1.28. The molecule has 0 saturated carbocycles. The van der Waals surface area contributed by atoms with Gasteiger partial charge in [-0.2, -0.15) is 5.26 Å². The van der Waals surface area contributed by atoms with Crippen molar-refractivity contribution in [2.45, 2.75) is 27.7 Å². The van der Waals surface area contributed by atoms with Gasteiger partial charge in [-0.3, -0.25) is 4.79 Å². The molecule has 1 heterocycles. The van der Waals surface area contributed by atoms with E-state index in [1.54, 1.807) is 33.8 Å². The molecule has 1 aromatic heterocycles. The van der Waals surface area contributed by atoms with Crippen LogP contribution in [0.25, 0.3) is 0 Å². The summed E-state index contributed by atoms with van der Waals surface area (Å²) >= 11 is 0. The molecule has 1 rings (SSSR count). The van der Waals surface area contributed by atoms with E-state index in [0.29, 0.717) is 11.3 Å². The van der Waals surface area contributed by atoms with Crippen LogP contribution in [0.4, 0.5) is 0 Å². The Morgan fingerprint density at radius 1 is 1.38 bits per heavy atom. The van der Waals surface area contributed by atoms with E-state index >= 15 is 0 Å². The van der Waals surface area contributed by atoms with Crippen LogP contribution < -0.4 is 0 Å². The van der Waals surface area contributed by atoms with Crippen molar-refractivity contribution >= 4 is 11.9 Å². The number of hydrogen-bond acceptors (Lipinski definition) is 6. The van der Waals surface area contributed by atoms with Gasteiger partial charge in [0.1, 0.15) is 5.69 Å². The van der Waals surface area contributed by atoms with Gasteiger partial charge in [-0.05, 0) is 39.8 Å². The van der Waals surface area contributed by atoms with Crippen molar-refractivity contribution in [3.8, 4) is 17.9 Å². The Morgan fingerprint density at radius 2 is 2.04 bits per heavy atom. The molecule has 1 unspecified atom stereocenters. The molecule has 6 heteroatoms. The summed E-state index contributed by atoms with van der Waals surface area (Å²) in [5.74, 6) is 3.67. The van der Waals surface area contributed by atoms with Gasteiger partial charge >= 0.3 is 11.9 Å². The van der Waals surface area contributed by atoms with Crippen molar-refractivity contribution < 1.29 is 19.1 Å². The maximum absolute atomic E-state index is 11.9. The number of esters is 2. The molecular weight excluding hydrogens is 308 g/mol. The maximum Gasteiger partial charge on any atom is 0.356 e. The lowest BCUT2D eigenvalue weighted by atomic mass is 9.80. The van der Waals surface area contributed by atoms with E-state index in [1.165, 1.54) is 13.2 Å². The predicted molar refractivity (Wildman–Crippen MR) is 86.7 cm³/mol. The molecule has 0 radical (unpaired) electrons. The number of carbonyl (C=O) groups is 2. The molecule has 0 spiro atoms. The first kappa shape index (κ1) is 19.2. The average Bonchev–Trinajstić information content (AvgIpc) is 2.52. The fraction of sp³-hybridized carbons (Fsp3) is 0.444. The van der Waals surface area contributed by atoms with Crippen LogP contribution in [-0.4, -0.2) is 30.6 Å². The van der Waals surface area contributed by atoms with Crippen LogP contribution in [0.1, 0.15) is 42.5 Å². The minimum Gasteiger partial charge on any atom is -0.465 e. The van der Waals surface area contributed by atoms with E-state index in [0.717, 1.165) is 0 Å². The van der Waals surface area contributed by atoms with Crippen molar-refractivity contribution in [2.24, 2.45) is 11.3 Å². The van der Waals surface area contributed by atoms with Crippen LogP contribution in [0.3, 0.4) is 0 Å². The smallest absolute Gasteiger partial charge is 0.356 e. The van der Waals surface area contributed by atoms with Gasteiger partial charge in [-0.15, -0.1) is 0 Å². The highest BCUT2D eigenvalue weighted by atomic mass is 16.5. The van der Waals surface area contributed by atoms with E-state index in [-0.39, 0.29) is 12.3 Å². The van der Waals surface area contributed by atoms with Gasteiger partial charge in [0.05, 0.1) is 25.2 Å². The number of methoxy groups -OCH3 is 1. The molecule has 0 amide bonds. The summed E-state index contributed by atoms with van der Waals surface area (Å²) in [5.41, 5.74) is 0.407. The van der Waals surface area contributed by atoms with E-state index in [2.05, 4.69) is 21.6 Å². The number of nitrogens with zero attached hydrogens (tertiary/aromatic N) is 2. The number of rotatable bonds is 4. The van der Waals surface area contributed by atoms with Gasteiger partial charge < -0.3 is 9.47 Å². The minimum absolute atomic E-state index is 0.154. The fourth-order valence-electron chi connectivity index (χ4n) is 1.99. The lowest BCUT2D eigenvalue weighted by Gasteiger charge is -2.21. The average molecular weight is 328 g/mol. The summed E-state index contributed by atoms with van der Waals surface area (Å²) in [6.45, 7) is 7.01. The van der Waals surface area contributed by atoms with E-state index in [9.17, 15) is 14.9 Å². The predicted octanol–water partition coefficient (Wildman–Crippen LogP) is 2.26. The number of pyridine rings is 1. The quantitative estimate of drug-likeness (QED) is 0.622. The van der Waals surface area contributed by atoms with Gasteiger partial charge in [-0.1, -0.05) is 11.8 Å². The second-order valence-corrected chi connectivity index (χ2v) is 5.66. The molecule has 0 fully saturated rings. The Labute approximate surface area is 141 Å². The summed E-state index contributed by atoms with van der Waals surface area (Å²) in [6.07, 6.45) is 0. The third-order valence-electron chi connectivity index (χ3n) is 3.25. The summed E-state index contributed by atoms with van der Waals surface area (Å²) in [4.78, 5) is 27.6. The van der Waals surface area contributed by atoms with Crippen molar-refractivity contribution in [3.05, 3.63) is 29.1 Å². The van der Waals surface area contributed by atoms with Gasteiger partial charge in [0.15, 0.2) is 5.92 Å². The minimum atomic E-state index is -1.01. The van der Waals surface area contributed by atoms with Crippen molar-refractivity contribution in [2.75, 3.05) is 13.7 Å². The maximum atomic E-state index is 11.9. The summed E-state index contributed by atoms with van der Waals surface area (Å²) in [6, 6.07) is 5.17. The Balaban J connectivity index is 3.17. The number of aryl methyl sites for hydroxylation is 1. The first-order valence-corrected chi connectivity index (χ1v) is 7.41. The van der Waals surface area contributed by atoms with Crippen LogP contribution in [0.15, 0.2) is 12.1 Å². The number of hydrogen-bond donors (Lipinski definition) is 0. The first-order valence-electron chi connectivity index (χ1n) is 7.41. The Bertz CT molecular complexity index is 736. The van der Waals surface area contributed by atoms with Crippen LogP contribution in [-0.2, 0) is 14.3 Å². The van der Waals surface area contributed by atoms with Crippen LogP contribution in [0, 0.1) is 41.4 Å². The van der Waals surface area contributed by atoms with E-state index in [4.69, 9.17) is 4.74 Å². The molecule has 0 aromatic carbocycles. The van der Waals surface area contributed by atoms with Crippen molar-refractivity contribution in [1.29, 1.82) is 5.26 Å². The Morgan fingerprint density at radius 3 is 2.58 bits per heavy atom. The lowest BCUT2D eigenvalue weighted by Crippen LogP contribution is -2.30. The molecule has 0 saturated heterocycles. The topological polar surface area (TPSA) is 89.3 Å². The van der Waals surface area contributed by atoms with Gasteiger partial charge in [0, 0.05) is 11.3 Å². The van der Waals surface area contributed by atoms with Crippen LogP contribution in [0.2, 0.25) is 0 Å². The molecule has 0 aliphatic heterocycles. The molecule has 0 N–H and O–H groups in total. The normalized spacial score (nSPS) is 11.5. The number of nitriles is 1. The first-order chi connectivity index (χ1) is 11.2. The zero-order valence-corrected chi connectivity index (χ0v) is 14.5. The largest absolute Gasteiger partial charge is 0.465 e. The number of carbonyl (C=O) groups excluding carboxylic acids is 2. The molecular formula is C18H20N2O4. The Kier molecular flexibility index (Phi) is 6.49. The second kappa shape index (κ2) is 8.12. The highest BCUT2D eigenvalue weighted by molar-refractivity contribution is 5.87. The number of aromatic nitrogens is 1. The molecule has 0 bridgehead atoms. The summed E-state index contributed by atoms with van der Waals surface area (Å²) < 4.78 is 9.57. The third-order valence-corrected chi connectivity index (χ3v) is 3.25. The second-order valence-electron chi connectivity index (χ2n) is 5.66. The zero-order valence-electron chi connectivity index (χ0n) is 14.5. The molecule has 0 aliphatic carbocycles. The Hall–Kier alpha value is -2.86. The van der Waals surface area contributed by atoms with Crippen LogP contribution in [0.5, 0.6) is 0 Å². The van der Waals surface area contributed by atoms with Crippen molar-refractivity contribution in [3.63, 3.8) is 0 Å². The van der Waals surface area contributed by atoms with Gasteiger partial charge in [-0.25, -0.2) is 9.78 Å². The fourth-order valence-corrected chi connectivity index (χ4v) is 1.99. The summed E-state index contributed by atoms with van der Waals surface area (Å²) in [5, 5.41) is 9.26. The molecule has 24 heavy (non-hydrogen) atoms. The molecule has 1 atom stereocenters. The monoisotopic (exact) mass is 328 g/mol. The molecule has 6 nitrogen and oxygen atoms in total. The van der Waals surface area contributed by atoms with Crippen LogP contribution >= 0.6 is 0 Å². The third kappa shape index (κ3) is 4.82. The number of ether oxygens (including phenoxy) is 2. The molecule has 0 aliphatic rings. The van der Waals surface area contributed by atoms with Gasteiger partial charge in [0.2, 0.25) is 0 Å². The molecule has 1 aromatic rings. The standard InChI is InChI=1S/C18H20N2O4/c1-6-24-16(21)14(11-19)18(3,4)8-7-13-9-12(2)20-15(10-13)17(22)23-5/h9-10,14H,6H2,1-5H3. The molecule has 126 valence electrons.